The van der Waals surface area contributed by atoms with Crippen LogP contribution < -0.4 is 16.4 Å². The van der Waals surface area contributed by atoms with E-state index < -0.39 is 0 Å². The summed E-state index contributed by atoms with van der Waals surface area (Å²) in [5.41, 5.74) is 12.4. The zero-order chi connectivity index (χ0) is 17.8. The molecule has 0 aliphatic heterocycles. The van der Waals surface area contributed by atoms with Crippen molar-refractivity contribution in [2.24, 2.45) is 0 Å². The zero-order valence-corrected chi connectivity index (χ0v) is 15.1. The Morgan fingerprint density at radius 2 is 1.80 bits per heavy atom. The van der Waals surface area contributed by atoms with Crippen molar-refractivity contribution in [2.75, 3.05) is 16.4 Å². The number of nitrogens with two attached hydrogens (primary N) is 1. The second-order valence-corrected chi connectivity index (χ2v) is 6.79. The standard InChI is InChI=1S/C20H21N3OS/c1-13-3-8-17(9-14(13)2)22-10-15-4-6-16(7-5-15)20(24)23-19-12-25-11-18(19)21/h3-9,11-12,22H,10,21H2,1-2H3,(H,23,24). The first-order valence-corrected chi connectivity index (χ1v) is 9.00. The Bertz CT molecular complexity index is 884. The zero-order valence-electron chi connectivity index (χ0n) is 14.3. The molecule has 0 fully saturated rings. The van der Waals surface area contributed by atoms with E-state index >= 15 is 0 Å². The van der Waals surface area contributed by atoms with Crippen molar-refractivity contribution >= 4 is 34.3 Å². The lowest BCUT2D eigenvalue weighted by molar-refractivity contribution is 0.102. The molecule has 1 heterocycles. The Labute approximate surface area is 151 Å². The number of amides is 1. The highest BCUT2D eigenvalue weighted by Gasteiger charge is 2.08. The SMILES string of the molecule is Cc1ccc(NCc2ccc(C(=O)Nc3cscc3N)cc2)cc1C. The molecule has 0 aliphatic rings. The van der Waals surface area contributed by atoms with Gasteiger partial charge in [-0.1, -0.05) is 18.2 Å². The van der Waals surface area contributed by atoms with Crippen LogP contribution in [0.1, 0.15) is 27.0 Å². The van der Waals surface area contributed by atoms with E-state index in [4.69, 9.17) is 5.73 Å². The number of rotatable bonds is 5. The van der Waals surface area contributed by atoms with Crippen LogP contribution in [0.4, 0.5) is 17.1 Å². The summed E-state index contributed by atoms with van der Waals surface area (Å²) in [5, 5.41) is 9.86. The molecule has 0 spiro atoms. The summed E-state index contributed by atoms with van der Waals surface area (Å²) in [6.45, 7) is 4.92. The normalized spacial score (nSPS) is 10.5. The van der Waals surface area contributed by atoms with Crippen LogP contribution in [0.3, 0.4) is 0 Å². The average Bonchev–Trinajstić information content (AvgIpc) is 3.01. The van der Waals surface area contributed by atoms with Crippen molar-refractivity contribution in [3.05, 3.63) is 75.5 Å². The maximum absolute atomic E-state index is 12.2. The van der Waals surface area contributed by atoms with Gasteiger partial charge in [0, 0.05) is 28.6 Å². The Morgan fingerprint density at radius 1 is 1.04 bits per heavy atom. The minimum atomic E-state index is -0.154. The minimum Gasteiger partial charge on any atom is -0.396 e. The molecule has 25 heavy (non-hydrogen) atoms. The van der Waals surface area contributed by atoms with Gasteiger partial charge in [0.2, 0.25) is 0 Å². The van der Waals surface area contributed by atoms with Crippen LogP contribution in [0.25, 0.3) is 0 Å². The van der Waals surface area contributed by atoms with Crippen LogP contribution in [-0.2, 0) is 6.54 Å². The summed E-state index contributed by atoms with van der Waals surface area (Å²) in [6, 6.07) is 13.9. The first-order chi connectivity index (χ1) is 12.0. The molecule has 4 N–H and O–H groups in total. The molecule has 128 valence electrons. The minimum absolute atomic E-state index is 0.154. The number of anilines is 3. The lowest BCUT2D eigenvalue weighted by Gasteiger charge is -2.10. The van der Waals surface area contributed by atoms with Crippen molar-refractivity contribution in [1.29, 1.82) is 0 Å². The number of carbonyl (C=O) groups is 1. The van der Waals surface area contributed by atoms with Gasteiger partial charge in [-0.2, -0.15) is 0 Å². The van der Waals surface area contributed by atoms with Crippen LogP contribution in [0.2, 0.25) is 0 Å². The van der Waals surface area contributed by atoms with Gasteiger partial charge in [0.1, 0.15) is 0 Å². The van der Waals surface area contributed by atoms with Gasteiger partial charge >= 0.3 is 0 Å². The number of nitrogen functional groups attached to an aromatic ring is 1. The molecule has 1 amide bonds. The van der Waals surface area contributed by atoms with E-state index in [9.17, 15) is 4.79 Å². The van der Waals surface area contributed by atoms with Crippen LogP contribution >= 0.6 is 11.3 Å². The van der Waals surface area contributed by atoms with Gasteiger partial charge in [0.15, 0.2) is 0 Å². The first-order valence-electron chi connectivity index (χ1n) is 8.06. The third-order valence-corrected chi connectivity index (χ3v) is 4.92. The quantitative estimate of drug-likeness (QED) is 0.618. The maximum Gasteiger partial charge on any atom is 0.255 e. The van der Waals surface area contributed by atoms with Crippen molar-refractivity contribution < 1.29 is 4.79 Å². The largest absolute Gasteiger partial charge is 0.396 e. The van der Waals surface area contributed by atoms with Crippen LogP contribution in [0, 0.1) is 13.8 Å². The molecule has 0 radical (unpaired) electrons. The fraction of sp³-hybridized carbons (Fsp3) is 0.150. The molecule has 4 nitrogen and oxygen atoms in total. The van der Waals surface area contributed by atoms with Crippen molar-refractivity contribution in [3.8, 4) is 0 Å². The second-order valence-electron chi connectivity index (χ2n) is 6.04. The van der Waals surface area contributed by atoms with Gasteiger partial charge in [-0.15, -0.1) is 11.3 Å². The molecular weight excluding hydrogens is 330 g/mol. The van der Waals surface area contributed by atoms with Crippen LogP contribution in [0.15, 0.2) is 53.2 Å². The molecule has 0 atom stereocenters. The van der Waals surface area contributed by atoms with E-state index in [-0.39, 0.29) is 5.91 Å². The third-order valence-electron chi connectivity index (χ3n) is 4.16. The molecule has 1 aromatic heterocycles. The van der Waals surface area contributed by atoms with Gasteiger partial charge < -0.3 is 16.4 Å². The lowest BCUT2D eigenvalue weighted by Crippen LogP contribution is -2.12. The smallest absolute Gasteiger partial charge is 0.255 e. The van der Waals surface area contributed by atoms with Gasteiger partial charge in [-0.3, -0.25) is 4.79 Å². The summed E-state index contributed by atoms with van der Waals surface area (Å²) in [4.78, 5) is 12.2. The van der Waals surface area contributed by atoms with E-state index in [1.807, 2.05) is 29.6 Å². The first kappa shape index (κ1) is 17.0. The number of aryl methyl sites for hydroxylation is 2. The monoisotopic (exact) mass is 351 g/mol. The number of nitrogens with one attached hydrogen (secondary N) is 2. The summed E-state index contributed by atoms with van der Waals surface area (Å²) >= 11 is 1.46. The van der Waals surface area contributed by atoms with Gasteiger partial charge in [0.25, 0.3) is 5.91 Å². The Hall–Kier alpha value is -2.79. The fourth-order valence-electron chi connectivity index (χ4n) is 2.43. The summed E-state index contributed by atoms with van der Waals surface area (Å²) in [5.74, 6) is -0.154. The van der Waals surface area contributed by atoms with Gasteiger partial charge in [-0.05, 0) is 54.8 Å². The Balaban J connectivity index is 1.60. The van der Waals surface area contributed by atoms with Gasteiger partial charge in [0.05, 0.1) is 11.4 Å². The number of carbonyl (C=O) groups excluding carboxylic acids is 1. The number of hydrogen-bond acceptors (Lipinski definition) is 4. The van der Waals surface area contributed by atoms with Crippen molar-refractivity contribution in [3.63, 3.8) is 0 Å². The highest BCUT2D eigenvalue weighted by atomic mass is 32.1. The Morgan fingerprint density at radius 3 is 2.44 bits per heavy atom. The molecule has 0 bridgehead atoms. The van der Waals surface area contributed by atoms with Crippen LogP contribution in [-0.4, -0.2) is 5.91 Å². The van der Waals surface area contributed by atoms with Gasteiger partial charge in [-0.25, -0.2) is 0 Å². The number of benzene rings is 2. The molecular formula is C20H21N3OS. The molecule has 2 aromatic carbocycles. The predicted molar refractivity (Wildman–Crippen MR) is 106 cm³/mol. The molecule has 3 rings (SSSR count). The fourth-order valence-corrected chi connectivity index (χ4v) is 3.11. The number of hydrogen-bond donors (Lipinski definition) is 3. The maximum atomic E-state index is 12.2. The van der Waals surface area contributed by atoms with Crippen molar-refractivity contribution in [2.45, 2.75) is 20.4 Å². The molecule has 0 aliphatic carbocycles. The van der Waals surface area contributed by atoms with E-state index in [0.717, 1.165) is 11.3 Å². The molecule has 0 saturated carbocycles. The predicted octanol–water partition coefficient (Wildman–Crippen LogP) is 4.81. The summed E-state index contributed by atoms with van der Waals surface area (Å²) in [7, 11) is 0. The topological polar surface area (TPSA) is 67.2 Å². The molecule has 0 saturated heterocycles. The molecule has 5 heteroatoms. The van der Waals surface area contributed by atoms with E-state index in [1.54, 1.807) is 5.38 Å². The van der Waals surface area contributed by atoms with Crippen molar-refractivity contribution in [1.82, 2.24) is 0 Å². The van der Waals surface area contributed by atoms with E-state index in [1.165, 1.54) is 22.5 Å². The lowest BCUT2D eigenvalue weighted by atomic mass is 10.1. The highest BCUT2D eigenvalue weighted by molar-refractivity contribution is 7.09. The van der Waals surface area contributed by atoms with E-state index in [0.29, 0.717) is 23.5 Å². The molecule has 3 aromatic rings. The second kappa shape index (κ2) is 7.40. The average molecular weight is 351 g/mol. The Kier molecular flexibility index (Phi) is 5.05. The molecule has 0 unspecified atom stereocenters. The third kappa shape index (κ3) is 4.19. The van der Waals surface area contributed by atoms with Crippen LogP contribution in [0.5, 0.6) is 0 Å². The highest BCUT2D eigenvalue weighted by Crippen LogP contribution is 2.23. The van der Waals surface area contributed by atoms with E-state index in [2.05, 4.69) is 42.7 Å². The summed E-state index contributed by atoms with van der Waals surface area (Å²) in [6.07, 6.45) is 0. The number of thiophene rings is 1. The summed E-state index contributed by atoms with van der Waals surface area (Å²) < 4.78 is 0.